The van der Waals surface area contributed by atoms with Gasteiger partial charge in [0.2, 0.25) is 10.4 Å². The molecule has 0 fully saturated rings. The van der Waals surface area contributed by atoms with E-state index in [1.807, 2.05) is 0 Å². The number of nitrogens with zero attached hydrogens (tertiary/aromatic N) is 3. The average Bonchev–Trinajstić information content (AvgIpc) is 2.33. The summed E-state index contributed by atoms with van der Waals surface area (Å²) in [7, 11) is 0. The second kappa shape index (κ2) is 5.68. The van der Waals surface area contributed by atoms with Crippen molar-refractivity contribution in [2.45, 2.75) is 0 Å². The molecule has 0 bridgehead atoms. The Bertz CT molecular complexity index is 623. The minimum atomic E-state index is -0.929. The van der Waals surface area contributed by atoms with E-state index < -0.39 is 6.09 Å². The second-order valence-corrected chi connectivity index (χ2v) is 3.87. The molecule has 9 heteroatoms. The number of nitrogens with two attached hydrogens (primary N) is 1. The summed E-state index contributed by atoms with van der Waals surface area (Å²) in [4.78, 5) is 14.4. The zero-order chi connectivity index (χ0) is 13.8. The molecule has 2 aromatic rings. The first kappa shape index (κ1) is 13.3. The molecule has 19 heavy (non-hydrogen) atoms. The van der Waals surface area contributed by atoms with E-state index in [2.05, 4.69) is 15.2 Å². The van der Waals surface area contributed by atoms with Crippen LogP contribution in [0.5, 0.6) is 17.4 Å². The third-order valence-corrected chi connectivity index (χ3v) is 2.23. The maximum atomic E-state index is 10.6. The maximum Gasteiger partial charge on any atom is 0.409 e. The van der Waals surface area contributed by atoms with E-state index >= 15 is 0 Å². The number of hydrogen-bond acceptors (Lipinski definition) is 6. The van der Waals surface area contributed by atoms with Crippen LogP contribution in [0.1, 0.15) is 0 Å². The van der Waals surface area contributed by atoms with Crippen LogP contribution in [-0.4, -0.2) is 21.3 Å². The number of rotatable bonds is 3. The molecule has 1 aromatic heterocycles. The predicted octanol–water partition coefficient (Wildman–Crippen LogP) is 2.43. The van der Waals surface area contributed by atoms with Gasteiger partial charge in [0.1, 0.15) is 11.5 Å². The van der Waals surface area contributed by atoms with E-state index in [1.165, 1.54) is 12.1 Å². The summed E-state index contributed by atoms with van der Waals surface area (Å²) in [5.41, 5.74) is 4.90. The molecule has 0 spiro atoms. The van der Waals surface area contributed by atoms with E-state index in [1.54, 1.807) is 12.1 Å². The highest BCUT2D eigenvalue weighted by Crippen LogP contribution is 2.28. The number of amides is 1. The summed E-state index contributed by atoms with van der Waals surface area (Å²) in [6.07, 6.45) is -0.929. The molecule has 7 nitrogen and oxygen atoms in total. The lowest BCUT2D eigenvalue weighted by Gasteiger charge is -2.07. The Kier molecular flexibility index (Phi) is 3.98. The van der Waals surface area contributed by atoms with E-state index in [9.17, 15) is 4.79 Å². The van der Waals surface area contributed by atoms with Crippen molar-refractivity contribution in [3.05, 3.63) is 34.7 Å². The lowest BCUT2D eigenvalue weighted by Crippen LogP contribution is -2.16. The molecule has 2 rings (SSSR count). The van der Waals surface area contributed by atoms with Crippen molar-refractivity contribution in [2.75, 3.05) is 0 Å². The van der Waals surface area contributed by atoms with Gasteiger partial charge >= 0.3 is 6.09 Å². The fraction of sp³-hybridized carbons (Fsp3) is 0. The molecular weight excluding hydrogens is 295 g/mol. The number of carbonyl (C=O) groups excluding carboxylic acids is 1. The van der Waals surface area contributed by atoms with E-state index in [-0.39, 0.29) is 22.1 Å². The highest BCUT2D eigenvalue weighted by Gasteiger charge is 2.09. The lowest BCUT2D eigenvalue weighted by molar-refractivity contribution is 0.211. The van der Waals surface area contributed by atoms with Gasteiger partial charge in [0.25, 0.3) is 5.88 Å². The number of hydrogen-bond donors (Lipinski definition) is 1. The van der Waals surface area contributed by atoms with Crippen LogP contribution < -0.4 is 15.2 Å². The lowest BCUT2D eigenvalue weighted by atomic mass is 10.3. The summed E-state index contributed by atoms with van der Waals surface area (Å²) >= 11 is 11.3. The molecule has 0 saturated carbocycles. The molecule has 1 amide bonds. The Morgan fingerprint density at radius 1 is 1.21 bits per heavy atom. The van der Waals surface area contributed by atoms with E-state index in [0.717, 1.165) is 0 Å². The van der Waals surface area contributed by atoms with Crippen molar-refractivity contribution in [3.8, 4) is 17.4 Å². The van der Waals surface area contributed by atoms with Crippen molar-refractivity contribution < 1.29 is 14.3 Å². The smallest absolute Gasteiger partial charge is 0.409 e. The maximum absolute atomic E-state index is 10.6. The minimum Gasteiger partial charge on any atom is -0.436 e. The van der Waals surface area contributed by atoms with Gasteiger partial charge in [-0.05, 0) is 23.7 Å². The summed E-state index contributed by atoms with van der Waals surface area (Å²) in [5.74, 6) is 0.518. The second-order valence-electron chi connectivity index (χ2n) is 3.17. The van der Waals surface area contributed by atoms with Gasteiger partial charge in [-0.3, -0.25) is 0 Å². The molecule has 0 aliphatic heterocycles. The number of halogens is 2. The van der Waals surface area contributed by atoms with Gasteiger partial charge in [0.05, 0.1) is 0 Å². The van der Waals surface area contributed by atoms with Gasteiger partial charge in [-0.1, -0.05) is 17.7 Å². The van der Waals surface area contributed by atoms with Crippen molar-refractivity contribution in [3.63, 3.8) is 0 Å². The topological polar surface area (TPSA) is 100 Å². The molecular formula is C10H6Cl2N4O3. The summed E-state index contributed by atoms with van der Waals surface area (Å²) in [6, 6.07) is 6.15. The summed E-state index contributed by atoms with van der Waals surface area (Å²) in [6.45, 7) is 0. The third-order valence-electron chi connectivity index (χ3n) is 1.83. The minimum absolute atomic E-state index is 0.0158. The van der Waals surface area contributed by atoms with Crippen molar-refractivity contribution in [2.24, 2.45) is 5.73 Å². The van der Waals surface area contributed by atoms with Gasteiger partial charge in [-0.15, -0.1) is 10.2 Å². The standard InChI is InChI=1S/C10H6Cl2N4O3/c11-7-8(14-9(12)16-15-7)18-5-2-1-3-6(4-5)19-10(13)17/h1-4H,(H2,13,17). The van der Waals surface area contributed by atoms with Gasteiger partial charge < -0.3 is 15.2 Å². The van der Waals surface area contributed by atoms with Crippen LogP contribution in [-0.2, 0) is 0 Å². The van der Waals surface area contributed by atoms with Crippen LogP contribution >= 0.6 is 23.2 Å². The highest BCUT2D eigenvalue weighted by molar-refractivity contribution is 6.31. The quantitative estimate of drug-likeness (QED) is 0.934. The molecule has 1 heterocycles. The van der Waals surface area contributed by atoms with Crippen molar-refractivity contribution >= 4 is 29.3 Å². The number of ether oxygens (including phenoxy) is 2. The first-order chi connectivity index (χ1) is 9.04. The normalized spacial score (nSPS) is 10.0. The van der Waals surface area contributed by atoms with Crippen LogP contribution in [0.4, 0.5) is 4.79 Å². The van der Waals surface area contributed by atoms with Crippen LogP contribution in [0.3, 0.4) is 0 Å². The van der Waals surface area contributed by atoms with E-state index in [4.69, 9.17) is 38.4 Å². The van der Waals surface area contributed by atoms with Gasteiger partial charge in [-0.25, -0.2) is 4.79 Å². The Morgan fingerprint density at radius 2 is 1.95 bits per heavy atom. The summed E-state index contributed by atoms with van der Waals surface area (Å²) in [5, 5.41) is 6.82. The molecule has 1 aromatic carbocycles. The van der Waals surface area contributed by atoms with E-state index in [0.29, 0.717) is 5.75 Å². The fourth-order valence-corrected chi connectivity index (χ4v) is 1.41. The molecule has 98 valence electrons. The molecule has 0 saturated heterocycles. The number of benzene rings is 1. The third kappa shape index (κ3) is 3.67. The van der Waals surface area contributed by atoms with Crippen LogP contribution in [0, 0.1) is 0 Å². The molecule has 0 radical (unpaired) electrons. The van der Waals surface area contributed by atoms with Gasteiger partial charge in [0, 0.05) is 6.07 Å². The van der Waals surface area contributed by atoms with Crippen molar-refractivity contribution in [1.29, 1.82) is 0 Å². The van der Waals surface area contributed by atoms with Crippen LogP contribution in [0.25, 0.3) is 0 Å². The number of aromatic nitrogens is 3. The first-order valence-electron chi connectivity index (χ1n) is 4.85. The Balaban J connectivity index is 2.23. The zero-order valence-electron chi connectivity index (χ0n) is 9.21. The predicted molar refractivity (Wildman–Crippen MR) is 66.6 cm³/mol. The van der Waals surface area contributed by atoms with Crippen LogP contribution in [0.15, 0.2) is 24.3 Å². The average molecular weight is 301 g/mol. The Hall–Kier alpha value is -2.12. The Morgan fingerprint density at radius 3 is 2.68 bits per heavy atom. The Labute approximate surface area is 117 Å². The SMILES string of the molecule is NC(=O)Oc1cccc(Oc2nc(Cl)nnc2Cl)c1. The highest BCUT2D eigenvalue weighted by atomic mass is 35.5. The van der Waals surface area contributed by atoms with Gasteiger partial charge in [-0.2, -0.15) is 4.98 Å². The molecule has 0 atom stereocenters. The summed E-state index contributed by atoms with van der Waals surface area (Å²) < 4.78 is 10.0. The van der Waals surface area contributed by atoms with Crippen LogP contribution in [0.2, 0.25) is 10.4 Å². The number of primary amides is 1. The fourth-order valence-electron chi connectivity index (χ4n) is 1.17. The monoisotopic (exact) mass is 300 g/mol. The zero-order valence-corrected chi connectivity index (χ0v) is 10.7. The molecule has 0 aliphatic carbocycles. The first-order valence-corrected chi connectivity index (χ1v) is 5.61. The molecule has 0 aliphatic rings. The molecule has 2 N–H and O–H groups in total. The van der Waals surface area contributed by atoms with Gasteiger partial charge in [0.15, 0.2) is 0 Å². The largest absolute Gasteiger partial charge is 0.436 e. The van der Waals surface area contributed by atoms with Crippen molar-refractivity contribution in [1.82, 2.24) is 15.2 Å². The molecule has 0 unspecified atom stereocenters. The number of carbonyl (C=O) groups is 1.